The summed E-state index contributed by atoms with van der Waals surface area (Å²) in [4.78, 5) is 14.3. The van der Waals surface area contributed by atoms with E-state index in [0.29, 0.717) is 22.2 Å². The van der Waals surface area contributed by atoms with E-state index in [4.69, 9.17) is 4.74 Å². The number of halogens is 2. The Hall–Kier alpha value is -4.16. The van der Waals surface area contributed by atoms with Crippen molar-refractivity contribution in [3.63, 3.8) is 0 Å². The Morgan fingerprint density at radius 1 is 0.800 bits per heavy atom. The maximum absolute atomic E-state index is 14.8. The third-order valence-electron chi connectivity index (χ3n) is 6.95. The fraction of sp³-hybridized carbons (Fsp3) is 0.194. The molecule has 0 radical (unpaired) electrons. The number of hydrogen-bond donors (Lipinski definition) is 0. The molecule has 1 unspecified atom stereocenters. The lowest BCUT2D eigenvalue weighted by molar-refractivity contribution is -0.154. The van der Waals surface area contributed by atoms with Crippen LogP contribution in [0.2, 0.25) is 0 Å². The number of rotatable bonds is 9. The molecule has 4 aromatic carbocycles. The number of para-hydroxylation sites is 1. The van der Waals surface area contributed by atoms with Crippen LogP contribution in [0.1, 0.15) is 22.3 Å². The number of aromatic nitrogens is 3. The van der Waals surface area contributed by atoms with Gasteiger partial charge in [-0.05, 0) is 42.2 Å². The lowest BCUT2D eigenvalue weighted by Crippen LogP contribution is -2.47. The molecule has 204 valence electrons. The first kappa shape index (κ1) is 27.4. The van der Waals surface area contributed by atoms with Crippen molar-refractivity contribution < 1.29 is 22.9 Å². The number of alkyl halides is 2. The van der Waals surface area contributed by atoms with Gasteiger partial charge in [-0.3, -0.25) is 0 Å². The summed E-state index contributed by atoms with van der Waals surface area (Å²) in [6, 6.07) is 31.3. The molecule has 1 aromatic heterocycles. The van der Waals surface area contributed by atoms with Gasteiger partial charge in [0.2, 0.25) is 0 Å². The zero-order chi connectivity index (χ0) is 28.4. The molecule has 0 saturated carbocycles. The molecule has 0 aliphatic heterocycles. The predicted molar refractivity (Wildman–Crippen MR) is 151 cm³/mol. The molecule has 9 heteroatoms. The van der Waals surface area contributed by atoms with Gasteiger partial charge in [-0.25, -0.2) is 9.48 Å². The number of benzene rings is 4. The molecule has 40 heavy (non-hydrogen) atoms. The summed E-state index contributed by atoms with van der Waals surface area (Å²) >= 11 is 0. The predicted octanol–water partition coefficient (Wildman–Crippen LogP) is 6.83. The van der Waals surface area contributed by atoms with Crippen LogP contribution in [-0.4, -0.2) is 34.3 Å². The minimum Gasteiger partial charge on any atom is -0.459 e. The van der Waals surface area contributed by atoms with Crippen LogP contribution in [0.25, 0.3) is 11.0 Å². The summed E-state index contributed by atoms with van der Waals surface area (Å²) in [6.45, 7) is 2.17. The summed E-state index contributed by atoms with van der Waals surface area (Å²) in [6.07, 6.45) is 0.0414. The standard InChI is InChI=1S/C31H28F2N3O3P/c1-40(2,38)31(32,33)26-19-17-23(18-20-26)21-30(25-13-7-4-8-14-25,29(37)39-22-24-11-5-3-6-12-24)36-28-16-10-9-15-27(28)34-35-36/h3-20H,21-22H2,1-2H3. The maximum Gasteiger partial charge on any atom is 0.339 e. The Morgan fingerprint density at radius 3 is 2.05 bits per heavy atom. The van der Waals surface area contributed by atoms with Gasteiger partial charge in [0.15, 0.2) is 12.7 Å². The highest BCUT2D eigenvalue weighted by molar-refractivity contribution is 7.63. The summed E-state index contributed by atoms with van der Waals surface area (Å²) in [7, 11) is -3.75. The van der Waals surface area contributed by atoms with Crippen molar-refractivity contribution in [2.75, 3.05) is 13.3 Å². The Kier molecular flexibility index (Phi) is 7.39. The normalized spacial score (nSPS) is 13.6. The Balaban J connectivity index is 1.65. The maximum atomic E-state index is 14.8. The molecule has 0 aliphatic carbocycles. The van der Waals surface area contributed by atoms with Crippen LogP contribution in [0.3, 0.4) is 0 Å². The average Bonchev–Trinajstić information content (AvgIpc) is 3.40. The summed E-state index contributed by atoms with van der Waals surface area (Å²) < 4.78 is 49.4. The molecule has 0 saturated heterocycles. The van der Waals surface area contributed by atoms with Crippen LogP contribution in [0, 0.1) is 0 Å². The second-order valence-electron chi connectivity index (χ2n) is 10.0. The van der Waals surface area contributed by atoms with Crippen molar-refractivity contribution in [1.29, 1.82) is 0 Å². The van der Waals surface area contributed by atoms with Gasteiger partial charge in [0.1, 0.15) is 12.1 Å². The van der Waals surface area contributed by atoms with Crippen molar-refractivity contribution >= 4 is 24.1 Å². The van der Waals surface area contributed by atoms with E-state index < -0.39 is 24.3 Å². The fourth-order valence-electron chi connectivity index (χ4n) is 4.71. The van der Waals surface area contributed by atoms with Crippen LogP contribution in [0.15, 0.2) is 109 Å². The lowest BCUT2D eigenvalue weighted by Gasteiger charge is -2.33. The number of fused-ring (bicyclic) bond motifs is 1. The highest BCUT2D eigenvalue weighted by Crippen LogP contribution is 2.60. The first-order valence-corrected chi connectivity index (χ1v) is 15.3. The van der Waals surface area contributed by atoms with E-state index in [-0.39, 0.29) is 18.6 Å². The molecule has 0 aliphatic rings. The molecule has 6 nitrogen and oxygen atoms in total. The van der Waals surface area contributed by atoms with Crippen molar-refractivity contribution in [2.24, 2.45) is 0 Å². The van der Waals surface area contributed by atoms with E-state index in [1.807, 2.05) is 78.9 Å². The molecule has 5 aromatic rings. The van der Waals surface area contributed by atoms with Crippen LogP contribution in [-0.2, 0) is 38.3 Å². The minimum absolute atomic E-state index is 0.0360. The zero-order valence-corrected chi connectivity index (χ0v) is 23.0. The number of ether oxygens (including phenoxy) is 1. The highest BCUT2D eigenvalue weighted by atomic mass is 31.2. The van der Waals surface area contributed by atoms with E-state index in [9.17, 15) is 18.1 Å². The zero-order valence-electron chi connectivity index (χ0n) is 22.1. The number of nitrogens with zero attached hydrogens (tertiary/aromatic N) is 3. The van der Waals surface area contributed by atoms with Gasteiger partial charge in [-0.15, -0.1) is 5.10 Å². The molecule has 1 atom stereocenters. The van der Waals surface area contributed by atoms with Gasteiger partial charge < -0.3 is 9.30 Å². The summed E-state index contributed by atoms with van der Waals surface area (Å²) in [5.41, 5.74) is -2.12. The molecular weight excluding hydrogens is 531 g/mol. The summed E-state index contributed by atoms with van der Waals surface area (Å²) in [5, 5.41) is 8.72. The molecule has 0 fully saturated rings. The monoisotopic (exact) mass is 559 g/mol. The van der Waals surface area contributed by atoms with E-state index in [1.165, 1.54) is 24.3 Å². The first-order valence-electron chi connectivity index (χ1n) is 12.7. The van der Waals surface area contributed by atoms with Gasteiger partial charge in [0, 0.05) is 12.0 Å². The quantitative estimate of drug-likeness (QED) is 0.146. The van der Waals surface area contributed by atoms with Crippen LogP contribution < -0.4 is 0 Å². The van der Waals surface area contributed by atoms with Crippen LogP contribution in [0.5, 0.6) is 0 Å². The van der Waals surface area contributed by atoms with E-state index in [1.54, 1.807) is 10.7 Å². The second-order valence-corrected chi connectivity index (χ2v) is 13.3. The Labute approximate surface area is 231 Å². The number of esters is 1. The van der Waals surface area contributed by atoms with Gasteiger partial charge in [0.25, 0.3) is 0 Å². The molecule has 0 amide bonds. The smallest absolute Gasteiger partial charge is 0.339 e. The Bertz CT molecular complexity index is 1670. The van der Waals surface area contributed by atoms with Gasteiger partial charge >= 0.3 is 11.6 Å². The van der Waals surface area contributed by atoms with Crippen molar-refractivity contribution in [1.82, 2.24) is 15.0 Å². The van der Waals surface area contributed by atoms with Crippen molar-refractivity contribution in [3.8, 4) is 0 Å². The van der Waals surface area contributed by atoms with E-state index in [2.05, 4.69) is 10.3 Å². The number of carbonyl (C=O) groups excluding carboxylic acids is 1. The highest BCUT2D eigenvalue weighted by Gasteiger charge is 2.47. The van der Waals surface area contributed by atoms with Crippen molar-refractivity contribution in [3.05, 3.63) is 131 Å². The molecule has 0 N–H and O–H groups in total. The van der Waals surface area contributed by atoms with Gasteiger partial charge in [-0.2, -0.15) is 8.78 Å². The van der Waals surface area contributed by atoms with Crippen molar-refractivity contribution in [2.45, 2.75) is 24.2 Å². The largest absolute Gasteiger partial charge is 0.459 e. The van der Waals surface area contributed by atoms with E-state index >= 15 is 0 Å². The Morgan fingerprint density at radius 2 is 1.40 bits per heavy atom. The second kappa shape index (κ2) is 10.8. The molecule has 0 spiro atoms. The fourth-order valence-corrected chi connectivity index (χ4v) is 5.48. The molecule has 1 heterocycles. The molecule has 0 bridgehead atoms. The van der Waals surface area contributed by atoms with Crippen LogP contribution in [0.4, 0.5) is 8.78 Å². The van der Waals surface area contributed by atoms with Gasteiger partial charge in [0.05, 0.1) is 5.52 Å². The molecular formula is C31H28F2N3O3P. The average molecular weight is 560 g/mol. The lowest BCUT2D eigenvalue weighted by atomic mass is 9.83. The van der Waals surface area contributed by atoms with Gasteiger partial charge in [-0.1, -0.05) is 102 Å². The summed E-state index contributed by atoms with van der Waals surface area (Å²) in [5.74, 6) is -0.570. The van der Waals surface area contributed by atoms with Crippen LogP contribution >= 0.6 is 7.14 Å². The minimum atomic E-state index is -3.75. The third-order valence-corrected chi connectivity index (χ3v) is 8.56. The first-order chi connectivity index (χ1) is 19.1. The number of hydrogen-bond acceptors (Lipinski definition) is 5. The third kappa shape index (κ3) is 5.07. The molecule has 5 rings (SSSR count). The van der Waals surface area contributed by atoms with E-state index in [0.717, 1.165) is 18.9 Å². The topological polar surface area (TPSA) is 74.1 Å². The number of carbonyl (C=O) groups is 1. The SMILES string of the molecule is CP(C)(=O)C(F)(F)c1ccc(CC(C(=O)OCc2ccccc2)(c2ccccc2)n2nnc3ccccc32)cc1.